The molecule has 0 spiro atoms. The second-order valence-corrected chi connectivity index (χ2v) is 13.9. The van der Waals surface area contributed by atoms with E-state index in [1.165, 1.54) is 10.4 Å². The Morgan fingerprint density at radius 2 is 1.44 bits per heavy atom. The number of piperazine rings is 1. The lowest BCUT2D eigenvalue weighted by atomic mass is 10.0. The smallest absolute Gasteiger partial charge is 0.244 e. The summed E-state index contributed by atoms with van der Waals surface area (Å²) in [7, 11) is -10.9. The van der Waals surface area contributed by atoms with Crippen molar-refractivity contribution in [3.63, 3.8) is 0 Å². The largest absolute Gasteiger partial charge is 0.306 e. The molecule has 0 aliphatic carbocycles. The topological polar surface area (TPSA) is 118 Å². The van der Waals surface area contributed by atoms with Crippen molar-refractivity contribution in [3.05, 3.63) is 29.3 Å². The van der Waals surface area contributed by atoms with E-state index in [4.69, 9.17) is 0 Å². The highest BCUT2D eigenvalue weighted by Gasteiger charge is 2.57. The molecule has 0 bridgehead atoms. The van der Waals surface area contributed by atoms with Gasteiger partial charge in [0.25, 0.3) is 0 Å². The van der Waals surface area contributed by atoms with Crippen molar-refractivity contribution in [1.82, 2.24) is 9.62 Å². The Balaban J connectivity index is 1.86. The van der Waals surface area contributed by atoms with Crippen LogP contribution in [0.25, 0.3) is 0 Å². The first-order valence-electron chi connectivity index (χ1n) is 8.67. The molecule has 4 rings (SSSR count). The molecule has 0 radical (unpaired) electrons. The summed E-state index contributed by atoms with van der Waals surface area (Å²) in [6.45, 7) is 3.54. The minimum absolute atomic E-state index is 0.0982. The van der Waals surface area contributed by atoms with Gasteiger partial charge in [-0.2, -0.15) is 4.31 Å². The SMILES string of the molecule is Cc1ccc(S(=O)(=O)N2[C@@H]3CS(=O)(=O)C[C@@H]3N[C@H]3CS(=O)(=O)C[C@@H]32)c(C)c1. The quantitative estimate of drug-likeness (QED) is 0.649. The van der Waals surface area contributed by atoms with Crippen molar-refractivity contribution < 1.29 is 25.3 Å². The third-order valence-electron chi connectivity index (χ3n) is 5.61. The van der Waals surface area contributed by atoms with Gasteiger partial charge in [-0.1, -0.05) is 17.7 Å². The van der Waals surface area contributed by atoms with Crippen molar-refractivity contribution >= 4 is 29.7 Å². The molecule has 0 amide bonds. The number of sulfonamides is 1. The van der Waals surface area contributed by atoms with E-state index in [2.05, 4.69) is 5.32 Å². The second kappa shape index (κ2) is 5.99. The summed E-state index contributed by atoms with van der Waals surface area (Å²) in [5.74, 6) is -0.949. The lowest BCUT2D eigenvalue weighted by Gasteiger charge is -2.44. The Kier molecular flexibility index (Phi) is 4.29. The van der Waals surface area contributed by atoms with Crippen LogP contribution in [0.5, 0.6) is 0 Å². The standard InChI is InChI=1S/C16H22N2O6S3/c1-10-3-4-16(11(2)5-10)27(23,24)18-14-8-25(19,20)6-12(14)17-13-7-26(21,22)9-15(13)18/h3-5,12-15,17H,6-9H2,1-2H3/t12-,13-,14-,15+/m0/s1. The van der Waals surface area contributed by atoms with Crippen molar-refractivity contribution in [3.8, 4) is 0 Å². The molecule has 27 heavy (non-hydrogen) atoms. The molecule has 1 N–H and O–H groups in total. The lowest BCUT2D eigenvalue weighted by Crippen LogP contribution is -2.67. The Morgan fingerprint density at radius 1 is 0.926 bits per heavy atom. The van der Waals surface area contributed by atoms with Crippen LogP contribution in [0.4, 0.5) is 0 Å². The minimum atomic E-state index is -4.05. The molecule has 4 atom stereocenters. The van der Waals surface area contributed by atoms with E-state index in [9.17, 15) is 25.3 Å². The van der Waals surface area contributed by atoms with Gasteiger partial charge in [0.2, 0.25) is 10.0 Å². The first-order valence-corrected chi connectivity index (χ1v) is 13.8. The second-order valence-electron chi connectivity index (χ2n) is 7.77. The van der Waals surface area contributed by atoms with Gasteiger partial charge in [0.15, 0.2) is 19.7 Å². The molecule has 3 aliphatic heterocycles. The van der Waals surface area contributed by atoms with E-state index in [0.717, 1.165) is 5.56 Å². The van der Waals surface area contributed by atoms with E-state index in [0.29, 0.717) is 5.56 Å². The van der Waals surface area contributed by atoms with Crippen LogP contribution in [0.2, 0.25) is 0 Å². The summed E-state index contributed by atoms with van der Waals surface area (Å²) in [6.07, 6.45) is 0. The number of sulfone groups is 2. The van der Waals surface area contributed by atoms with E-state index in [-0.39, 0.29) is 27.9 Å². The minimum Gasteiger partial charge on any atom is -0.306 e. The summed E-state index contributed by atoms with van der Waals surface area (Å²) in [6, 6.07) is 2.17. The van der Waals surface area contributed by atoms with E-state index in [1.807, 2.05) is 6.92 Å². The van der Waals surface area contributed by atoms with Crippen LogP contribution < -0.4 is 5.32 Å². The van der Waals surface area contributed by atoms with Crippen molar-refractivity contribution in [2.45, 2.75) is 42.9 Å². The number of fused-ring (bicyclic) bond motifs is 2. The lowest BCUT2D eigenvalue weighted by molar-refractivity contribution is 0.160. The number of aryl methyl sites for hydroxylation is 2. The van der Waals surface area contributed by atoms with Crippen LogP contribution in [0.15, 0.2) is 23.1 Å². The van der Waals surface area contributed by atoms with Gasteiger partial charge in [-0.05, 0) is 25.5 Å². The van der Waals surface area contributed by atoms with Crippen LogP contribution in [0, 0.1) is 13.8 Å². The summed E-state index contributed by atoms with van der Waals surface area (Å²) in [5.41, 5.74) is 1.47. The monoisotopic (exact) mass is 434 g/mol. The molecule has 3 aliphatic rings. The zero-order valence-corrected chi connectivity index (χ0v) is 17.4. The zero-order chi connectivity index (χ0) is 19.8. The number of rotatable bonds is 2. The number of hydrogen-bond donors (Lipinski definition) is 1. The Labute approximate surface area is 159 Å². The number of benzene rings is 1. The molecule has 0 aromatic heterocycles. The Bertz CT molecular complexity index is 1060. The van der Waals surface area contributed by atoms with Crippen LogP contribution in [0.1, 0.15) is 11.1 Å². The number of hydrogen-bond acceptors (Lipinski definition) is 7. The summed E-state index contributed by atoms with van der Waals surface area (Å²) < 4.78 is 77.0. The third-order valence-corrected chi connectivity index (χ3v) is 11.2. The highest BCUT2D eigenvalue weighted by Crippen LogP contribution is 2.36. The molecule has 0 saturated carbocycles. The van der Waals surface area contributed by atoms with Gasteiger partial charge in [0.1, 0.15) is 0 Å². The molecule has 3 saturated heterocycles. The van der Waals surface area contributed by atoms with Crippen LogP contribution in [0.3, 0.4) is 0 Å². The van der Waals surface area contributed by atoms with Gasteiger partial charge < -0.3 is 5.32 Å². The van der Waals surface area contributed by atoms with Gasteiger partial charge in [-0.25, -0.2) is 25.3 Å². The van der Waals surface area contributed by atoms with Gasteiger partial charge in [0.05, 0.1) is 40.0 Å². The highest BCUT2D eigenvalue weighted by atomic mass is 32.2. The average molecular weight is 435 g/mol. The average Bonchev–Trinajstić information content (AvgIpc) is 2.95. The summed E-state index contributed by atoms with van der Waals surface area (Å²) >= 11 is 0. The molecule has 1 aromatic rings. The van der Waals surface area contributed by atoms with Crippen molar-refractivity contribution in [2.24, 2.45) is 0 Å². The maximum absolute atomic E-state index is 13.5. The fourth-order valence-corrected chi connectivity index (χ4v) is 10.7. The van der Waals surface area contributed by atoms with Crippen LogP contribution >= 0.6 is 0 Å². The maximum atomic E-state index is 13.5. The molecule has 1 aromatic carbocycles. The predicted octanol–water partition coefficient (Wildman–Crippen LogP) is -0.771. The van der Waals surface area contributed by atoms with Crippen molar-refractivity contribution in [1.29, 1.82) is 0 Å². The number of nitrogens with one attached hydrogen (secondary N) is 1. The van der Waals surface area contributed by atoms with E-state index < -0.39 is 53.9 Å². The first-order chi connectivity index (χ1) is 12.4. The fraction of sp³-hybridized carbons (Fsp3) is 0.625. The fourth-order valence-electron chi connectivity index (χ4n) is 4.56. The van der Waals surface area contributed by atoms with Gasteiger partial charge >= 0.3 is 0 Å². The Morgan fingerprint density at radius 3 is 1.93 bits per heavy atom. The summed E-state index contributed by atoms with van der Waals surface area (Å²) in [4.78, 5) is 0.0982. The Hall–Kier alpha value is -1.01. The molecule has 0 unspecified atom stereocenters. The number of nitrogens with zero attached hydrogens (tertiary/aromatic N) is 1. The molecule has 8 nitrogen and oxygen atoms in total. The highest BCUT2D eigenvalue weighted by molar-refractivity contribution is 7.92. The maximum Gasteiger partial charge on any atom is 0.244 e. The molecular formula is C16H22N2O6S3. The first kappa shape index (κ1) is 19.3. The molecule has 3 heterocycles. The third kappa shape index (κ3) is 3.23. The van der Waals surface area contributed by atoms with Crippen molar-refractivity contribution in [2.75, 3.05) is 23.0 Å². The molecular weight excluding hydrogens is 412 g/mol. The molecule has 3 fully saturated rings. The van der Waals surface area contributed by atoms with Gasteiger partial charge in [-0.3, -0.25) is 0 Å². The van der Waals surface area contributed by atoms with Crippen LogP contribution in [-0.4, -0.2) is 76.7 Å². The van der Waals surface area contributed by atoms with Gasteiger partial charge in [0, 0.05) is 12.1 Å². The normalized spacial score (nSPS) is 34.9. The van der Waals surface area contributed by atoms with E-state index in [1.54, 1.807) is 19.1 Å². The molecule has 150 valence electrons. The van der Waals surface area contributed by atoms with Crippen LogP contribution in [-0.2, 0) is 29.7 Å². The zero-order valence-electron chi connectivity index (χ0n) is 15.0. The molecule has 11 heteroatoms. The predicted molar refractivity (Wildman–Crippen MR) is 101 cm³/mol. The van der Waals surface area contributed by atoms with E-state index >= 15 is 0 Å². The van der Waals surface area contributed by atoms with Gasteiger partial charge in [-0.15, -0.1) is 0 Å². The summed E-state index contributed by atoms with van der Waals surface area (Å²) in [5, 5.41) is 3.10.